The van der Waals surface area contributed by atoms with Gasteiger partial charge in [-0.25, -0.2) is 9.59 Å². The van der Waals surface area contributed by atoms with E-state index < -0.39 is 11.9 Å². The van der Waals surface area contributed by atoms with E-state index >= 15 is 0 Å². The van der Waals surface area contributed by atoms with Gasteiger partial charge in [0, 0.05) is 0 Å². The fourth-order valence-corrected chi connectivity index (χ4v) is 4.74. The molecule has 0 radical (unpaired) electrons. The van der Waals surface area contributed by atoms with Crippen LogP contribution in [0.1, 0.15) is 72.1 Å². The number of unbranched alkanes of at least 4 members (excludes halogenated alkanes) is 7. The first kappa shape index (κ1) is 30.4. The predicted octanol–water partition coefficient (Wildman–Crippen LogP) is 9.00. The van der Waals surface area contributed by atoms with Gasteiger partial charge in [-0.2, -0.15) is 0 Å². The second-order valence-electron chi connectivity index (χ2n) is 10.3. The molecule has 0 aliphatic rings. The summed E-state index contributed by atoms with van der Waals surface area (Å²) in [4.78, 5) is 22.0. The second kappa shape index (κ2) is 16.0. The molecule has 0 aromatic heterocycles. The third-order valence-electron chi connectivity index (χ3n) is 7.22. The van der Waals surface area contributed by atoms with Gasteiger partial charge in [-0.15, -0.1) is 0 Å². The SMILES string of the molecule is O=C(O)c1ccc(-c2ccc(OCCCCCCCCCCOc3ccc(-c4ccc(C(=O)O)cc4)cc3)cc2)cc1. The van der Waals surface area contributed by atoms with Crippen LogP contribution in [0, 0.1) is 0 Å². The third kappa shape index (κ3) is 9.51. The topological polar surface area (TPSA) is 93.1 Å². The van der Waals surface area contributed by atoms with Gasteiger partial charge in [-0.05, 0) is 83.6 Å². The highest BCUT2D eigenvalue weighted by atomic mass is 16.5. The van der Waals surface area contributed by atoms with Crippen LogP contribution in [0.25, 0.3) is 22.3 Å². The van der Waals surface area contributed by atoms with Crippen molar-refractivity contribution in [3.63, 3.8) is 0 Å². The zero-order valence-electron chi connectivity index (χ0n) is 23.8. The maximum atomic E-state index is 11.0. The molecule has 4 rings (SSSR count). The lowest BCUT2D eigenvalue weighted by Gasteiger charge is -2.08. The Morgan fingerprint density at radius 2 is 0.667 bits per heavy atom. The summed E-state index contributed by atoms with van der Waals surface area (Å²) in [6.45, 7) is 1.42. The van der Waals surface area contributed by atoms with Crippen LogP contribution in [-0.4, -0.2) is 35.4 Å². The van der Waals surface area contributed by atoms with Crippen molar-refractivity contribution in [1.82, 2.24) is 0 Å². The quantitative estimate of drug-likeness (QED) is 0.124. The number of benzene rings is 4. The first-order valence-electron chi connectivity index (χ1n) is 14.6. The number of hydrogen-bond acceptors (Lipinski definition) is 4. The molecule has 0 heterocycles. The molecule has 6 nitrogen and oxygen atoms in total. The maximum Gasteiger partial charge on any atom is 0.335 e. The summed E-state index contributed by atoms with van der Waals surface area (Å²) < 4.78 is 11.8. The van der Waals surface area contributed by atoms with Gasteiger partial charge in [0.05, 0.1) is 24.3 Å². The molecule has 0 aliphatic carbocycles. The fourth-order valence-electron chi connectivity index (χ4n) is 4.74. The monoisotopic (exact) mass is 566 g/mol. The Morgan fingerprint density at radius 1 is 0.405 bits per heavy atom. The number of hydrogen-bond donors (Lipinski definition) is 2. The Kier molecular flexibility index (Phi) is 11.6. The highest BCUT2D eigenvalue weighted by Gasteiger charge is 2.05. The molecular weight excluding hydrogens is 528 g/mol. The Bertz CT molecular complexity index is 1280. The van der Waals surface area contributed by atoms with Crippen LogP contribution >= 0.6 is 0 Å². The summed E-state index contributed by atoms with van der Waals surface area (Å²) in [5, 5.41) is 18.1. The molecule has 42 heavy (non-hydrogen) atoms. The number of carbonyl (C=O) groups is 2. The van der Waals surface area contributed by atoms with Gasteiger partial charge >= 0.3 is 11.9 Å². The summed E-state index contributed by atoms with van der Waals surface area (Å²) >= 11 is 0. The average Bonchev–Trinajstić information content (AvgIpc) is 3.02. The highest BCUT2D eigenvalue weighted by molar-refractivity contribution is 5.89. The van der Waals surface area contributed by atoms with Crippen molar-refractivity contribution < 1.29 is 29.3 Å². The molecule has 4 aromatic rings. The maximum absolute atomic E-state index is 11.0. The number of carboxylic acid groups (broad SMARTS) is 2. The molecule has 4 aromatic carbocycles. The van der Waals surface area contributed by atoms with E-state index in [1.54, 1.807) is 24.3 Å². The van der Waals surface area contributed by atoms with E-state index in [1.807, 2.05) is 72.8 Å². The molecule has 0 unspecified atom stereocenters. The van der Waals surface area contributed by atoms with Crippen molar-refractivity contribution in [3.05, 3.63) is 108 Å². The van der Waals surface area contributed by atoms with Gasteiger partial charge in [0.2, 0.25) is 0 Å². The van der Waals surface area contributed by atoms with Crippen LogP contribution < -0.4 is 9.47 Å². The molecule has 0 amide bonds. The lowest BCUT2D eigenvalue weighted by atomic mass is 10.0. The zero-order chi connectivity index (χ0) is 29.6. The number of aromatic carboxylic acids is 2. The first-order chi connectivity index (χ1) is 20.5. The molecule has 218 valence electrons. The Hall–Kier alpha value is -4.58. The zero-order valence-corrected chi connectivity index (χ0v) is 23.8. The minimum absolute atomic E-state index is 0.286. The number of rotatable bonds is 17. The molecule has 0 spiro atoms. The van der Waals surface area contributed by atoms with E-state index in [2.05, 4.69) is 0 Å². The van der Waals surface area contributed by atoms with Gasteiger partial charge in [0.15, 0.2) is 0 Å². The predicted molar refractivity (Wildman–Crippen MR) is 166 cm³/mol. The van der Waals surface area contributed by atoms with Crippen molar-refractivity contribution in [1.29, 1.82) is 0 Å². The van der Waals surface area contributed by atoms with Crippen molar-refractivity contribution in [3.8, 4) is 33.8 Å². The van der Waals surface area contributed by atoms with E-state index in [0.717, 1.165) is 59.4 Å². The molecule has 0 bridgehead atoms. The van der Waals surface area contributed by atoms with Crippen LogP contribution in [-0.2, 0) is 0 Å². The van der Waals surface area contributed by atoms with E-state index in [9.17, 15) is 9.59 Å². The molecule has 2 N–H and O–H groups in total. The standard InChI is InChI=1S/C36H38O6/c37-35(38)31-13-9-27(10-14-31)29-17-21-33(22-18-29)41-25-7-5-3-1-2-4-6-8-26-42-34-23-19-30(20-24-34)28-11-15-32(16-12-28)36(39)40/h9-24H,1-8,25-26H2,(H,37,38)(H,39,40). The normalized spacial score (nSPS) is 10.8. The second-order valence-corrected chi connectivity index (χ2v) is 10.3. The average molecular weight is 567 g/mol. The molecule has 0 fully saturated rings. The molecule has 0 atom stereocenters. The Morgan fingerprint density at radius 3 is 0.952 bits per heavy atom. The van der Waals surface area contributed by atoms with Crippen LogP contribution in [0.15, 0.2) is 97.1 Å². The summed E-state index contributed by atoms with van der Waals surface area (Å²) in [5.41, 5.74) is 4.60. The van der Waals surface area contributed by atoms with Crippen LogP contribution in [0.5, 0.6) is 11.5 Å². The highest BCUT2D eigenvalue weighted by Crippen LogP contribution is 2.24. The van der Waals surface area contributed by atoms with E-state index in [0.29, 0.717) is 13.2 Å². The Labute approximate surface area is 247 Å². The summed E-state index contributed by atoms with van der Waals surface area (Å²) in [5.74, 6) is -0.131. The van der Waals surface area contributed by atoms with Crippen molar-refractivity contribution in [2.24, 2.45) is 0 Å². The molecular formula is C36H38O6. The van der Waals surface area contributed by atoms with E-state index in [4.69, 9.17) is 19.7 Å². The first-order valence-corrected chi connectivity index (χ1v) is 14.6. The van der Waals surface area contributed by atoms with Crippen LogP contribution in [0.4, 0.5) is 0 Å². The lowest BCUT2D eigenvalue weighted by molar-refractivity contribution is 0.0686. The minimum Gasteiger partial charge on any atom is -0.494 e. The Balaban J connectivity index is 0.996. The smallest absolute Gasteiger partial charge is 0.335 e. The van der Waals surface area contributed by atoms with Crippen molar-refractivity contribution >= 4 is 11.9 Å². The minimum atomic E-state index is -0.919. The fraction of sp³-hybridized carbons (Fsp3) is 0.278. The summed E-state index contributed by atoms with van der Waals surface area (Å²) in [6, 6.07) is 29.6. The summed E-state index contributed by atoms with van der Waals surface area (Å²) in [7, 11) is 0. The lowest BCUT2D eigenvalue weighted by Crippen LogP contribution is -1.98. The van der Waals surface area contributed by atoms with Gasteiger partial charge in [0.25, 0.3) is 0 Å². The molecule has 6 heteroatoms. The number of ether oxygens (including phenoxy) is 2. The van der Waals surface area contributed by atoms with E-state index in [1.165, 1.54) is 25.7 Å². The third-order valence-corrected chi connectivity index (χ3v) is 7.22. The largest absolute Gasteiger partial charge is 0.494 e. The van der Waals surface area contributed by atoms with Gasteiger partial charge in [-0.3, -0.25) is 0 Å². The van der Waals surface area contributed by atoms with Gasteiger partial charge < -0.3 is 19.7 Å². The molecule has 0 saturated heterocycles. The van der Waals surface area contributed by atoms with Crippen molar-refractivity contribution in [2.75, 3.05) is 13.2 Å². The van der Waals surface area contributed by atoms with Gasteiger partial charge in [-0.1, -0.05) is 87.1 Å². The van der Waals surface area contributed by atoms with Crippen molar-refractivity contribution in [2.45, 2.75) is 51.4 Å². The van der Waals surface area contributed by atoms with Crippen LogP contribution in [0.2, 0.25) is 0 Å². The molecule has 0 aliphatic heterocycles. The summed E-state index contributed by atoms with van der Waals surface area (Å²) in [6.07, 6.45) is 9.33. The van der Waals surface area contributed by atoms with Crippen LogP contribution in [0.3, 0.4) is 0 Å². The number of carboxylic acids is 2. The van der Waals surface area contributed by atoms with E-state index in [-0.39, 0.29) is 11.1 Å². The van der Waals surface area contributed by atoms with Gasteiger partial charge in [0.1, 0.15) is 11.5 Å². The molecule has 0 saturated carbocycles.